The van der Waals surface area contributed by atoms with Crippen molar-refractivity contribution >= 4 is 39.9 Å². The summed E-state index contributed by atoms with van der Waals surface area (Å²) in [7, 11) is -2.60. The molecule has 0 unspecified atom stereocenters. The van der Waals surface area contributed by atoms with Crippen LogP contribution < -0.4 is 15.4 Å². The number of fused-ring (bicyclic) bond motifs is 3. The van der Waals surface area contributed by atoms with Crippen LogP contribution in [-0.4, -0.2) is 108 Å². The number of hydrogen-bond acceptors (Lipinski definition) is 8. The molecule has 3 aliphatic heterocycles. The molecule has 14 nitrogen and oxygen atoms in total. The summed E-state index contributed by atoms with van der Waals surface area (Å²) >= 11 is 0. The summed E-state index contributed by atoms with van der Waals surface area (Å²) in [6.07, 6.45) is -3.98. The van der Waals surface area contributed by atoms with Crippen molar-refractivity contribution in [3.05, 3.63) is 47.5 Å². The van der Waals surface area contributed by atoms with Crippen molar-refractivity contribution in [1.82, 2.24) is 30.1 Å². The van der Waals surface area contributed by atoms with Crippen LogP contribution in [0.4, 0.5) is 22.8 Å². The highest BCUT2D eigenvalue weighted by atomic mass is 32.2. The van der Waals surface area contributed by atoms with Gasteiger partial charge in [-0.1, -0.05) is 30.7 Å². The molecule has 284 valence electrons. The van der Waals surface area contributed by atoms with E-state index < -0.39 is 93.9 Å². The van der Waals surface area contributed by atoms with Crippen LogP contribution in [-0.2, 0) is 48.7 Å². The van der Waals surface area contributed by atoms with E-state index in [0.717, 1.165) is 34.4 Å². The van der Waals surface area contributed by atoms with Gasteiger partial charge in [0.2, 0.25) is 21.8 Å². The third-order valence-corrected chi connectivity index (χ3v) is 12.3. The van der Waals surface area contributed by atoms with E-state index in [2.05, 4.69) is 17.2 Å². The van der Waals surface area contributed by atoms with Gasteiger partial charge in [-0.25, -0.2) is 18.0 Å². The van der Waals surface area contributed by atoms with Crippen LogP contribution in [0.15, 0.2) is 30.9 Å². The van der Waals surface area contributed by atoms with Gasteiger partial charge < -0.3 is 25.2 Å². The molecule has 6 amide bonds. The van der Waals surface area contributed by atoms with E-state index >= 15 is 0 Å². The quantitative estimate of drug-likeness (QED) is 0.357. The first-order chi connectivity index (χ1) is 24.5. The predicted octanol–water partition coefficient (Wildman–Crippen LogP) is 2.47. The molecule has 52 heavy (non-hydrogen) atoms. The average Bonchev–Trinajstić information content (AvgIpc) is 3.97. The Hall–Kier alpha value is -4.35. The zero-order chi connectivity index (χ0) is 37.6. The molecule has 1 saturated heterocycles. The standard InChI is InChI=1S/C34H43F3N6O8S/c1-3-22-15-33(22,30(46)40-52(49,50)24-11-12-24)39-28(44)27-14-23-18-43(27)29(45)26(16-34(35,36)37)38-31(47)41(2)13-6-4-5-8-20-9-7-10-21-17-42(19-25(20)21)32(48)51-23/h3,7,9-10,22-24,26-27H,1,4-6,8,11-19H2,2H3,(H,38,47)(H,39,44)(H,40,46)/t22-,23+,26-,27-,33+/m0/s1. The number of hydrogen-bond donors (Lipinski definition) is 3. The second-order valence-electron chi connectivity index (χ2n) is 14.4. The van der Waals surface area contributed by atoms with Gasteiger partial charge in [0.05, 0.1) is 18.2 Å². The summed E-state index contributed by atoms with van der Waals surface area (Å²) in [5, 5.41) is 4.00. The van der Waals surface area contributed by atoms with Crippen LogP contribution in [0.5, 0.6) is 0 Å². The minimum atomic E-state index is -4.89. The highest BCUT2D eigenvalue weighted by Gasteiger charge is 2.62. The van der Waals surface area contributed by atoms with Crippen molar-refractivity contribution in [3.63, 3.8) is 0 Å². The number of benzene rings is 1. The molecule has 18 heteroatoms. The minimum Gasteiger partial charge on any atom is -0.444 e. The molecular formula is C34H43F3N6O8S. The molecule has 4 bridgehead atoms. The van der Waals surface area contributed by atoms with Gasteiger partial charge in [0.25, 0.3) is 5.91 Å². The van der Waals surface area contributed by atoms with Crippen molar-refractivity contribution in [3.8, 4) is 0 Å². The van der Waals surface area contributed by atoms with Gasteiger partial charge >= 0.3 is 18.3 Å². The number of alkyl halides is 3. The number of aryl methyl sites for hydroxylation is 1. The Kier molecular flexibility index (Phi) is 10.2. The number of carbonyl (C=O) groups is 5. The Bertz CT molecular complexity index is 1750. The highest BCUT2D eigenvalue weighted by Crippen LogP contribution is 2.45. The molecule has 1 aromatic carbocycles. The fourth-order valence-electron chi connectivity index (χ4n) is 7.30. The maximum Gasteiger partial charge on any atom is 0.410 e. The zero-order valence-electron chi connectivity index (χ0n) is 28.7. The van der Waals surface area contributed by atoms with Crippen LogP contribution in [0, 0.1) is 5.92 Å². The molecule has 0 radical (unpaired) electrons. The molecule has 0 aromatic heterocycles. The van der Waals surface area contributed by atoms with Crippen LogP contribution in [0.25, 0.3) is 0 Å². The average molecular weight is 753 g/mol. The van der Waals surface area contributed by atoms with Gasteiger partial charge in [0, 0.05) is 39.0 Å². The summed E-state index contributed by atoms with van der Waals surface area (Å²) < 4.78 is 74.6. The van der Waals surface area contributed by atoms with Gasteiger partial charge in [-0.15, -0.1) is 6.58 Å². The molecule has 2 saturated carbocycles. The van der Waals surface area contributed by atoms with Crippen molar-refractivity contribution in [2.75, 3.05) is 20.1 Å². The van der Waals surface area contributed by atoms with E-state index in [4.69, 9.17) is 4.74 Å². The van der Waals surface area contributed by atoms with Crippen molar-refractivity contribution < 1.29 is 50.3 Å². The second-order valence-corrected chi connectivity index (χ2v) is 16.4. The fourth-order valence-corrected chi connectivity index (χ4v) is 8.66. The summed E-state index contributed by atoms with van der Waals surface area (Å²) in [6.45, 7) is 3.92. The van der Waals surface area contributed by atoms with E-state index in [1.54, 1.807) is 0 Å². The largest absolute Gasteiger partial charge is 0.444 e. The lowest BCUT2D eigenvalue weighted by Gasteiger charge is -2.31. The number of nitrogens with one attached hydrogen (secondary N) is 3. The lowest BCUT2D eigenvalue weighted by molar-refractivity contribution is -0.155. The topological polar surface area (TPSA) is 175 Å². The molecule has 3 fully saturated rings. The van der Waals surface area contributed by atoms with Crippen LogP contribution in [0.2, 0.25) is 0 Å². The van der Waals surface area contributed by atoms with Crippen LogP contribution in [0.1, 0.15) is 68.1 Å². The molecule has 5 atom stereocenters. The first kappa shape index (κ1) is 37.4. The molecular weight excluding hydrogens is 709 g/mol. The highest BCUT2D eigenvalue weighted by molar-refractivity contribution is 7.91. The molecule has 3 N–H and O–H groups in total. The number of carbonyl (C=O) groups excluding carboxylic acids is 5. The summed E-state index contributed by atoms with van der Waals surface area (Å²) in [4.78, 5) is 71.4. The Morgan fingerprint density at radius 3 is 2.52 bits per heavy atom. The Balaban J connectivity index is 1.28. The SMILES string of the molecule is C=C[C@H]1C[C@]1(NC(=O)[C@@H]1C[C@@H]2CN1C(=O)[C@H](CC(F)(F)F)NC(=O)N(C)CCCCCc1cccc3c1CN(C3)C(=O)O2)C(=O)NS(=O)(=O)C1CC1. The number of amides is 6. The monoisotopic (exact) mass is 752 g/mol. The van der Waals surface area contributed by atoms with E-state index in [1.807, 2.05) is 22.9 Å². The van der Waals surface area contributed by atoms with E-state index in [1.165, 1.54) is 22.9 Å². The molecule has 2 aliphatic carbocycles. The fraction of sp³-hybridized carbons (Fsp3) is 0.618. The molecule has 0 spiro atoms. The van der Waals surface area contributed by atoms with Gasteiger partial charge in [0.15, 0.2) is 0 Å². The summed E-state index contributed by atoms with van der Waals surface area (Å²) in [5.74, 6) is -3.88. The maximum atomic E-state index is 14.0. The van der Waals surface area contributed by atoms with Crippen LogP contribution >= 0.6 is 0 Å². The number of ether oxygens (including phenoxy) is 1. The number of nitrogens with zero attached hydrogens (tertiary/aromatic N) is 3. The number of halogens is 3. The van der Waals surface area contributed by atoms with Crippen molar-refractivity contribution in [1.29, 1.82) is 0 Å². The number of urea groups is 1. The van der Waals surface area contributed by atoms with Crippen molar-refractivity contribution in [2.45, 2.75) is 106 Å². The smallest absolute Gasteiger partial charge is 0.410 e. The van der Waals surface area contributed by atoms with E-state index in [9.17, 15) is 45.6 Å². The molecule has 3 heterocycles. The first-order valence-electron chi connectivity index (χ1n) is 17.5. The van der Waals surface area contributed by atoms with Gasteiger partial charge in [0.1, 0.15) is 23.7 Å². The maximum absolute atomic E-state index is 14.0. The Morgan fingerprint density at radius 1 is 1.12 bits per heavy atom. The Morgan fingerprint density at radius 2 is 1.85 bits per heavy atom. The second kappa shape index (κ2) is 14.2. The van der Waals surface area contributed by atoms with Gasteiger partial charge in [-0.05, 0) is 55.2 Å². The van der Waals surface area contributed by atoms with E-state index in [0.29, 0.717) is 25.7 Å². The van der Waals surface area contributed by atoms with Crippen LogP contribution in [0.3, 0.4) is 0 Å². The van der Waals surface area contributed by atoms with Gasteiger partial charge in [-0.2, -0.15) is 13.2 Å². The first-order valence-corrected chi connectivity index (χ1v) is 19.0. The summed E-state index contributed by atoms with van der Waals surface area (Å²) in [5.41, 5.74) is 1.28. The molecule has 5 aliphatic rings. The number of sulfonamides is 1. The third-order valence-electron chi connectivity index (χ3n) is 10.5. The lowest BCUT2D eigenvalue weighted by atomic mass is 9.98. The Labute approximate surface area is 299 Å². The zero-order valence-corrected chi connectivity index (χ0v) is 29.6. The minimum absolute atomic E-state index is 0.00998. The van der Waals surface area contributed by atoms with Crippen molar-refractivity contribution in [2.24, 2.45) is 5.92 Å². The lowest BCUT2D eigenvalue weighted by Crippen LogP contribution is -2.59. The molecule has 1 aromatic rings. The van der Waals surface area contributed by atoms with E-state index in [-0.39, 0.29) is 32.5 Å². The number of rotatable bonds is 7. The summed E-state index contributed by atoms with van der Waals surface area (Å²) in [6, 6.07) is 1.24. The normalized spacial score (nSPS) is 28.6. The third kappa shape index (κ3) is 8.00. The predicted molar refractivity (Wildman–Crippen MR) is 179 cm³/mol. The van der Waals surface area contributed by atoms with Gasteiger partial charge in [-0.3, -0.25) is 24.0 Å². The molecule has 6 rings (SSSR count).